The molecule has 1 aromatic heterocycles. The highest BCUT2D eigenvalue weighted by Crippen LogP contribution is 2.29. The van der Waals surface area contributed by atoms with E-state index < -0.39 is 11.7 Å². The molecule has 0 aliphatic rings. The molecular formula is C10H12F3NO. The topological polar surface area (TPSA) is 22.0 Å². The third-order valence-corrected chi connectivity index (χ3v) is 2.16. The fraction of sp³-hybridized carbons (Fsp3) is 0.500. The van der Waals surface area contributed by atoms with Gasteiger partial charge in [-0.2, -0.15) is 13.2 Å². The maximum atomic E-state index is 12.4. The van der Waals surface area contributed by atoms with Crippen LogP contribution in [0.4, 0.5) is 13.2 Å². The number of rotatable bonds is 1. The second-order valence-corrected chi connectivity index (χ2v) is 3.75. The molecule has 2 nitrogen and oxygen atoms in total. The number of aryl methyl sites for hydroxylation is 1. The maximum Gasteiger partial charge on any atom is 0.417 e. The van der Waals surface area contributed by atoms with Gasteiger partial charge in [0.05, 0.1) is 5.56 Å². The SMILES string of the molecule is CC(C)c1cc(C(F)(F)F)cn(C)c1=O. The van der Waals surface area contributed by atoms with Crippen molar-refractivity contribution >= 4 is 0 Å². The first-order valence-corrected chi connectivity index (χ1v) is 4.51. The number of pyridine rings is 1. The minimum atomic E-state index is -4.41. The highest BCUT2D eigenvalue weighted by molar-refractivity contribution is 5.23. The zero-order chi connectivity index (χ0) is 11.8. The zero-order valence-electron chi connectivity index (χ0n) is 8.72. The lowest BCUT2D eigenvalue weighted by molar-refractivity contribution is -0.138. The molecule has 1 aromatic rings. The molecule has 0 atom stereocenters. The molecule has 1 heterocycles. The summed E-state index contributed by atoms with van der Waals surface area (Å²) in [5.41, 5.74) is -0.973. The Bertz CT molecular complexity index is 418. The summed E-state index contributed by atoms with van der Waals surface area (Å²) in [6, 6.07) is 0.924. The third kappa shape index (κ3) is 2.40. The molecule has 0 radical (unpaired) electrons. The van der Waals surface area contributed by atoms with Crippen LogP contribution >= 0.6 is 0 Å². The summed E-state index contributed by atoms with van der Waals surface area (Å²) in [4.78, 5) is 11.5. The molecule has 0 fully saturated rings. The van der Waals surface area contributed by atoms with Crippen molar-refractivity contribution in [1.82, 2.24) is 4.57 Å². The van der Waals surface area contributed by atoms with Crippen LogP contribution in [0.1, 0.15) is 30.9 Å². The predicted octanol–water partition coefficient (Wildman–Crippen LogP) is 2.53. The normalized spacial score (nSPS) is 12.2. The van der Waals surface area contributed by atoms with Crippen molar-refractivity contribution in [3.05, 3.63) is 33.7 Å². The van der Waals surface area contributed by atoms with Crippen LogP contribution in [0, 0.1) is 0 Å². The van der Waals surface area contributed by atoms with Crippen LogP contribution < -0.4 is 5.56 Å². The average molecular weight is 219 g/mol. The summed E-state index contributed by atoms with van der Waals surface area (Å²) in [6.07, 6.45) is -3.59. The monoisotopic (exact) mass is 219 g/mol. The molecule has 84 valence electrons. The highest BCUT2D eigenvalue weighted by Gasteiger charge is 2.32. The number of hydrogen-bond donors (Lipinski definition) is 0. The highest BCUT2D eigenvalue weighted by atomic mass is 19.4. The second kappa shape index (κ2) is 3.72. The Balaban J connectivity index is 3.43. The Morgan fingerprint density at radius 2 is 1.87 bits per heavy atom. The quantitative estimate of drug-likeness (QED) is 0.711. The van der Waals surface area contributed by atoms with Crippen molar-refractivity contribution in [2.24, 2.45) is 7.05 Å². The first-order valence-electron chi connectivity index (χ1n) is 4.51. The van der Waals surface area contributed by atoms with Crippen molar-refractivity contribution in [3.8, 4) is 0 Å². The summed E-state index contributed by atoms with van der Waals surface area (Å²) < 4.78 is 38.3. The van der Waals surface area contributed by atoms with E-state index in [1.165, 1.54) is 7.05 Å². The Hall–Kier alpha value is -1.26. The van der Waals surface area contributed by atoms with Gasteiger partial charge in [0, 0.05) is 18.8 Å². The molecule has 0 unspecified atom stereocenters. The van der Waals surface area contributed by atoms with Crippen LogP contribution in [0.2, 0.25) is 0 Å². The van der Waals surface area contributed by atoms with Gasteiger partial charge in [0.15, 0.2) is 0 Å². The van der Waals surface area contributed by atoms with Crippen LogP contribution in [0.3, 0.4) is 0 Å². The van der Waals surface area contributed by atoms with E-state index in [1.807, 2.05) is 0 Å². The molecule has 1 rings (SSSR count). The molecular weight excluding hydrogens is 207 g/mol. The van der Waals surface area contributed by atoms with Crippen molar-refractivity contribution in [1.29, 1.82) is 0 Å². The minimum Gasteiger partial charge on any atom is -0.318 e. The maximum absolute atomic E-state index is 12.4. The van der Waals surface area contributed by atoms with Gasteiger partial charge in [-0.1, -0.05) is 13.8 Å². The fourth-order valence-electron chi connectivity index (χ4n) is 1.31. The van der Waals surface area contributed by atoms with Gasteiger partial charge in [0.1, 0.15) is 0 Å². The molecule has 0 aromatic carbocycles. The average Bonchev–Trinajstić information content (AvgIpc) is 2.06. The second-order valence-electron chi connectivity index (χ2n) is 3.75. The molecule has 0 spiro atoms. The Morgan fingerprint density at radius 1 is 1.33 bits per heavy atom. The van der Waals surface area contributed by atoms with Crippen LogP contribution in [0.15, 0.2) is 17.1 Å². The standard InChI is InChI=1S/C10H12F3NO/c1-6(2)8-4-7(10(11,12)13)5-14(3)9(8)15/h4-6H,1-3H3. The molecule has 5 heteroatoms. The van der Waals surface area contributed by atoms with E-state index in [2.05, 4.69) is 0 Å². The van der Waals surface area contributed by atoms with E-state index in [4.69, 9.17) is 0 Å². The first kappa shape index (κ1) is 11.8. The molecule has 15 heavy (non-hydrogen) atoms. The van der Waals surface area contributed by atoms with E-state index in [-0.39, 0.29) is 17.0 Å². The van der Waals surface area contributed by atoms with E-state index in [9.17, 15) is 18.0 Å². The molecule has 0 amide bonds. The van der Waals surface area contributed by atoms with Gasteiger partial charge in [-0.15, -0.1) is 0 Å². The Labute approximate surface area is 85.3 Å². The van der Waals surface area contributed by atoms with E-state index in [0.717, 1.165) is 16.8 Å². The zero-order valence-corrected chi connectivity index (χ0v) is 8.72. The summed E-state index contributed by atoms with van der Waals surface area (Å²) in [5.74, 6) is -0.217. The third-order valence-electron chi connectivity index (χ3n) is 2.16. The molecule has 0 bridgehead atoms. The molecule has 0 saturated carbocycles. The largest absolute Gasteiger partial charge is 0.417 e. The smallest absolute Gasteiger partial charge is 0.318 e. The Kier molecular flexibility index (Phi) is 2.93. The van der Waals surface area contributed by atoms with Gasteiger partial charge in [0.25, 0.3) is 5.56 Å². The van der Waals surface area contributed by atoms with E-state index >= 15 is 0 Å². The van der Waals surface area contributed by atoms with E-state index in [1.54, 1.807) is 13.8 Å². The van der Waals surface area contributed by atoms with Gasteiger partial charge in [-0.25, -0.2) is 0 Å². The van der Waals surface area contributed by atoms with Gasteiger partial charge >= 0.3 is 6.18 Å². The Morgan fingerprint density at radius 3 is 2.27 bits per heavy atom. The first-order chi connectivity index (χ1) is 6.73. The van der Waals surface area contributed by atoms with Gasteiger partial charge in [-0.3, -0.25) is 4.79 Å². The van der Waals surface area contributed by atoms with Crippen LogP contribution in [0.25, 0.3) is 0 Å². The molecule has 0 saturated heterocycles. The lowest BCUT2D eigenvalue weighted by Crippen LogP contribution is -2.24. The fourth-order valence-corrected chi connectivity index (χ4v) is 1.31. The van der Waals surface area contributed by atoms with Crippen molar-refractivity contribution in [2.45, 2.75) is 25.9 Å². The number of aromatic nitrogens is 1. The summed E-state index contributed by atoms with van der Waals surface area (Å²) in [5, 5.41) is 0. The van der Waals surface area contributed by atoms with Gasteiger partial charge < -0.3 is 4.57 Å². The molecule has 0 N–H and O–H groups in total. The summed E-state index contributed by atoms with van der Waals surface area (Å²) >= 11 is 0. The van der Waals surface area contributed by atoms with Gasteiger partial charge in [-0.05, 0) is 12.0 Å². The van der Waals surface area contributed by atoms with Crippen molar-refractivity contribution in [3.63, 3.8) is 0 Å². The molecule has 0 aliphatic heterocycles. The lowest BCUT2D eigenvalue weighted by Gasteiger charge is -2.12. The summed E-state index contributed by atoms with van der Waals surface area (Å²) in [6.45, 7) is 3.38. The number of alkyl halides is 3. The van der Waals surface area contributed by atoms with Crippen LogP contribution in [-0.4, -0.2) is 4.57 Å². The van der Waals surface area contributed by atoms with Crippen molar-refractivity contribution in [2.75, 3.05) is 0 Å². The number of nitrogens with zero attached hydrogens (tertiary/aromatic N) is 1. The minimum absolute atomic E-state index is 0.187. The van der Waals surface area contributed by atoms with E-state index in [0.29, 0.717) is 0 Å². The summed E-state index contributed by atoms with van der Waals surface area (Å²) in [7, 11) is 1.32. The van der Waals surface area contributed by atoms with Gasteiger partial charge in [0.2, 0.25) is 0 Å². The lowest BCUT2D eigenvalue weighted by atomic mass is 10.0. The van der Waals surface area contributed by atoms with Crippen LogP contribution in [-0.2, 0) is 13.2 Å². The molecule has 0 aliphatic carbocycles. The van der Waals surface area contributed by atoms with Crippen LogP contribution in [0.5, 0.6) is 0 Å². The number of halogens is 3. The number of hydrogen-bond acceptors (Lipinski definition) is 1. The predicted molar refractivity (Wildman–Crippen MR) is 50.8 cm³/mol. The van der Waals surface area contributed by atoms with Crippen molar-refractivity contribution < 1.29 is 13.2 Å².